The molecular formula is C27H18ClN5O3. The smallest absolute Gasteiger partial charge is 0.272 e. The van der Waals surface area contributed by atoms with Gasteiger partial charge in [0.1, 0.15) is 11.6 Å². The monoisotopic (exact) mass is 495 g/mol. The maximum atomic E-state index is 14.2. The molecule has 0 bridgehead atoms. The third kappa shape index (κ3) is 2.79. The van der Waals surface area contributed by atoms with E-state index in [9.17, 15) is 14.4 Å². The zero-order valence-corrected chi connectivity index (χ0v) is 19.5. The molecule has 2 amide bonds. The third-order valence-corrected chi connectivity index (χ3v) is 7.53. The first-order chi connectivity index (χ1) is 17.5. The summed E-state index contributed by atoms with van der Waals surface area (Å²) < 4.78 is 1.25. The normalized spacial score (nSPS) is 24.2. The number of amides is 2. The molecule has 176 valence electrons. The highest BCUT2D eigenvalue weighted by atomic mass is 35.5. The number of carbonyl (C=O) groups excluding carboxylic acids is 3. The van der Waals surface area contributed by atoms with Crippen LogP contribution in [0.25, 0.3) is 17.1 Å². The fraction of sp³-hybridized carbons (Fsp3) is 0.148. The van der Waals surface area contributed by atoms with Crippen molar-refractivity contribution >= 4 is 57.8 Å². The maximum Gasteiger partial charge on any atom is 0.272 e. The van der Waals surface area contributed by atoms with E-state index in [2.05, 4.69) is 10.3 Å². The van der Waals surface area contributed by atoms with Gasteiger partial charge in [0, 0.05) is 10.7 Å². The Morgan fingerprint density at radius 1 is 0.889 bits per heavy atom. The number of aromatic nitrogens is 3. The number of anilines is 2. The molecule has 0 N–H and O–H groups in total. The van der Waals surface area contributed by atoms with Crippen LogP contribution in [0.5, 0.6) is 0 Å². The van der Waals surface area contributed by atoms with Gasteiger partial charge in [0.25, 0.3) is 5.91 Å². The minimum Gasteiger partial charge on any atom is -0.351 e. The van der Waals surface area contributed by atoms with Crippen LogP contribution in [-0.4, -0.2) is 44.8 Å². The highest BCUT2D eigenvalue weighted by molar-refractivity contribution is 6.31. The average molecular weight is 496 g/mol. The Hall–Kier alpha value is -4.30. The summed E-state index contributed by atoms with van der Waals surface area (Å²) >= 11 is 6.17. The molecule has 3 aromatic carbocycles. The van der Waals surface area contributed by atoms with Gasteiger partial charge >= 0.3 is 0 Å². The van der Waals surface area contributed by atoms with Gasteiger partial charge in [-0.05, 0) is 42.0 Å². The van der Waals surface area contributed by atoms with Crippen molar-refractivity contribution < 1.29 is 14.4 Å². The fourth-order valence-electron chi connectivity index (χ4n) is 5.82. The topological polar surface area (TPSA) is 88.4 Å². The maximum absolute atomic E-state index is 14.2. The Kier molecular flexibility index (Phi) is 4.44. The Morgan fingerprint density at radius 2 is 1.67 bits per heavy atom. The molecule has 1 aromatic heterocycles. The minimum absolute atomic E-state index is 0.343. The van der Waals surface area contributed by atoms with Crippen LogP contribution in [-0.2, 0) is 9.59 Å². The summed E-state index contributed by atoms with van der Waals surface area (Å²) in [4.78, 5) is 45.0. The largest absolute Gasteiger partial charge is 0.351 e. The lowest BCUT2D eigenvalue weighted by molar-refractivity contribution is -0.122. The van der Waals surface area contributed by atoms with Gasteiger partial charge in [0.15, 0.2) is 0 Å². The van der Waals surface area contributed by atoms with Crippen molar-refractivity contribution in [3.63, 3.8) is 0 Å². The van der Waals surface area contributed by atoms with Gasteiger partial charge in [0.05, 0.1) is 29.1 Å². The van der Waals surface area contributed by atoms with Crippen LogP contribution in [0, 0.1) is 11.8 Å². The molecule has 2 fully saturated rings. The van der Waals surface area contributed by atoms with E-state index in [-0.39, 0.29) is 5.91 Å². The first-order valence-electron chi connectivity index (χ1n) is 11.6. The minimum atomic E-state index is -0.947. The van der Waals surface area contributed by atoms with Crippen molar-refractivity contribution in [3.8, 4) is 0 Å². The molecular weight excluding hydrogens is 478 g/mol. The number of hydrogen-bond acceptors (Lipinski definition) is 6. The van der Waals surface area contributed by atoms with E-state index < -0.39 is 35.7 Å². The molecule has 8 nitrogen and oxygen atoms in total. The van der Waals surface area contributed by atoms with Gasteiger partial charge in [-0.25, -0.2) is 4.90 Å². The molecule has 2 saturated heterocycles. The van der Waals surface area contributed by atoms with E-state index in [1.165, 1.54) is 9.58 Å². The quantitative estimate of drug-likeness (QED) is 0.393. The number of hydrogen-bond donors (Lipinski definition) is 0. The third-order valence-electron chi connectivity index (χ3n) is 7.29. The van der Waals surface area contributed by atoms with Gasteiger partial charge in [-0.1, -0.05) is 65.4 Å². The van der Waals surface area contributed by atoms with Crippen LogP contribution in [0.4, 0.5) is 11.4 Å². The highest BCUT2D eigenvalue weighted by Gasteiger charge is 2.64. The van der Waals surface area contributed by atoms with E-state index in [0.29, 0.717) is 21.7 Å². The molecule has 0 radical (unpaired) electrons. The van der Waals surface area contributed by atoms with E-state index >= 15 is 0 Å². The van der Waals surface area contributed by atoms with Crippen molar-refractivity contribution in [2.24, 2.45) is 11.8 Å². The molecule has 7 rings (SSSR count). The summed E-state index contributed by atoms with van der Waals surface area (Å²) in [5, 5.41) is 8.68. The van der Waals surface area contributed by atoms with Crippen molar-refractivity contribution in [1.82, 2.24) is 15.0 Å². The first kappa shape index (κ1) is 21.0. The molecule has 4 atom stereocenters. The van der Waals surface area contributed by atoms with Crippen molar-refractivity contribution in [2.75, 3.05) is 9.80 Å². The zero-order chi connectivity index (χ0) is 24.6. The van der Waals surface area contributed by atoms with Crippen molar-refractivity contribution in [1.29, 1.82) is 0 Å². The van der Waals surface area contributed by atoms with Crippen LogP contribution in [0.2, 0.25) is 5.02 Å². The number of fused-ring (bicyclic) bond motifs is 6. The summed E-state index contributed by atoms with van der Waals surface area (Å²) in [6, 6.07) is 20.1. The predicted molar refractivity (Wildman–Crippen MR) is 135 cm³/mol. The Morgan fingerprint density at radius 3 is 2.53 bits per heavy atom. The van der Waals surface area contributed by atoms with Crippen LogP contribution >= 0.6 is 11.6 Å². The number of para-hydroxylation sites is 2. The average Bonchev–Trinajstić information content (AvgIpc) is 3.55. The van der Waals surface area contributed by atoms with Gasteiger partial charge in [-0.3, -0.25) is 14.4 Å². The van der Waals surface area contributed by atoms with Gasteiger partial charge < -0.3 is 4.90 Å². The lowest BCUT2D eigenvalue weighted by atomic mass is 9.88. The summed E-state index contributed by atoms with van der Waals surface area (Å²) in [5.74, 6) is -2.79. The molecule has 3 aliphatic rings. The lowest BCUT2D eigenvalue weighted by Crippen LogP contribution is -2.50. The van der Waals surface area contributed by atoms with E-state index in [4.69, 9.17) is 11.6 Å². The lowest BCUT2D eigenvalue weighted by Gasteiger charge is -2.36. The molecule has 0 spiro atoms. The SMILES string of the molecule is O=C1[C@@H]2[C@H](C(=O)N1c1cccc(Cl)c1)[C@H](C(=O)n1nnc3ccccc31)N1c3ccccc3C=C[C@@H]21. The predicted octanol–water partition coefficient (Wildman–Crippen LogP) is 3.81. The second kappa shape index (κ2) is 7.60. The summed E-state index contributed by atoms with van der Waals surface area (Å²) in [5.41, 5.74) is 3.24. The molecule has 0 aliphatic carbocycles. The summed E-state index contributed by atoms with van der Waals surface area (Å²) in [7, 11) is 0. The van der Waals surface area contributed by atoms with Crippen LogP contribution < -0.4 is 9.80 Å². The standard InChI is InChI=1S/C27H18ClN5O3/c28-16-7-5-8-17(14-16)31-25(34)22-21-13-12-15-6-1-3-10-19(15)32(21)24(23(22)26(31)35)27(36)33-20-11-4-2-9-18(20)29-30-33/h1-14,21-24H/t21-,22-,23-,24+/m0/s1. The molecule has 36 heavy (non-hydrogen) atoms. The van der Waals surface area contributed by atoms with Crippen molar-refractivity contribution in [2.45, 2.75) is 12.1 Å². The number of nitrogens with zero attached hydrogens (tertiary/aromatic N) is 5. The van der Waals surface area contributed by atoms with Crippen molar-refractivity contribution in [3.05, 3.63) is 89.5 Å². The fourth-order valence-corrected chi connectivity index (χ4v) is 6.01. The van der Waals surface area contributed by atoms with Crippen LogP contribution in [0.3, 0.4) is 0 Å². The number of halogens is 1. The zero-order valence-electron chi connectivity index (χ0n) is 18.7. The number of benzene rings is 3. The summed E-state index contributed by atoms with van der Waals surface area (Å²) in [6.45, 7) is 0. The number of imide groups is 1. The van der Waals surface area contributed by atoms with E-state index in [1.54, 1.807) is 42.5 Å². The molecule has 0 unspecified atom stereocenters. The highest BCUT2D eigenvalue weighted by Crippen LogP contribution is 2.49. The Balaban J connectivity index is 1.40. The Bertz CT molecular complexity index is 1630. The van der Waals surface area contributed by atoms with E-state index in [1.807, 2.05) is 47.4 Å². The second-order valence-electron chi connectivity index (χ2n) is 9.13. The van der Waals surface area contributed by atoms with Gasteiger partial charge in [-0.15, -0.1) is 5.10 Å². The number of rotatable bonds is 2. The Labute approximate surface area is 210 Å². The first-order valence-corrected chi connectivity index (χ1v) is 12.0. The van der Waals surface area contributed by atoms with Crippen LogP contribution in [0.1, 0.15) is 10.4 Å². The molecule has 4 heterocycles. The molecule has 4 aromatic rings. The van der Waals surface area contributed by atoms with Gasteiger partial charge in [0.2, 0.25) is 11.8 Å². The molecule has 3 aliphatic heterocycles. The van der Waals surface area contributed by atoms with Crippen LogP contribution in [0.15, 0.2) is 78.9 Å². The number of carbonyl (C=O) groups is 3. The van der Waals surface area contributed by atoms with E-state index in [0.717, 1.165) is 11.3 Å². The molecule has 9 heteroatoms. The molecule has 0 saturated carbocycles. The summed E-state index contributed by atoms with van der Waals surface area (Å²) in [6.07, 6.45) is 3.87. The second-order valence-corrected chi connectivity index (χ2v) is 9.57. The van der Waals surface area contributed by atoms with Gasteiger partial charge in [-0.2, -0.15) is 4.68 Å².